The van der Waals surface area contributed by atoms with E-state index in [1.807, 2.05) is 30.3 Å². The number of fused-ring (bicyclic) bond motifs is 1. The zero-order valence-corrected chi connectivity index (χ0v) is 14.5. The molecular weight excluding hydrogens is 410 g/mol. The Morgan fingerprint density at radius 1 is 1.14 bits per heavy atom. The molecule has 0 saturated heterocycles. The number of phenols is 1. The van der Waals surface area contributed by atoms with Gasteiger partial charge in [-0.05, 0) is 40.2 Å². The number of phenolic OH excluding ortho intramolecular Hbond substituents is 1. The maximum atomic E-state index is 9.99. The summed E-state index contributed by atoms with van der Waals surface area (Å²) in [4.78, 5) is 4.35. The molecule has 0 amide bonds. The molecule has 1 heterocycles. The van der Waals surface area contributed by atoms with Gasteiger partial charge in [0.1, 0.15) is 5.75 Å². The lowest BCUT2D eigenvalue weighted by Crippen LogP contribution is -1.93. The topological polar surface area (TPSA) is 57.5 Å². The highest BCUT2D eigenvalue weighted by Crippen LogP contribution is 2.30. The van der Waals surface area contributed by atoms with Gasteiger partial charge >= 0.3 is 0 Å². The smallest absolute Gasteiger partial charge is 0.138 e. The van der Waals surface area contributed by atoms with E-state index in [-0.39, 0.29) is 5.75 Å². The van der Waals surface area contributed by atoms with Crippen LogP contribution in [0.3, 0.4) is 0 Å². The fraction of sp³-hybridized carbons (Fsp3) is 0. The Kier molecular flexibility index (Phi) is 4.40. The molecule has 0 bridgehead atoms. The first kappa shape index (κ1) is 15.0. The second kappa shape index (κ2) is 6.46. The van der Waals surface area contributed by atoms with E-state index in [1.54, 1.807) is 24.5 Å². The van der Waals surface area contributed by atoms with Gasteiger partial charge in [0, 0.05) is 21.6 Å². The van der Waals surface area contributed by atoms with Crippen LogP contribution in [-0.2, 0) is 0 Å². The van der Waals surface area contributed by atoms with Gasteiger partial charge in [0.15, 0.2) is 0 Å². The number of hydrogen-bond acceptors (Lipinski definition) is 4. The quantitative estimate of drug-likeness (QED) is 0.467. The lowest BCUT2D eigenvalue weighted by molar-refractivity contribution is 0.471. The minimum absolute atomic E-state index is 0.143. The van der Waals surface area contributed by atoms with Gasteiger partial charge < -0.3 is 5.11 Å². The number of pyridine rings is 1. The van der Waals surface area contributed by atoms with Gasteiger partial charge in [-0.2, -0.15) is 5.10 Å². The largest absolute Gasteiger partial charge is 0.506 e. The van der Waals surface area contributed by atoms with Crippen LogP contribution < -0.4 is 5.43 Å². The first-order valence-electron chi connectivity index (χ1n) is 6.46. The summed E-state index contributed by atoms with van der Waals surface area (Å²) >= 11 is 6.68. The van der Waals surface area contributed by atoms with Crippen molar-refractivity contribution < 1.29 is 5.11 Å². The van der Waals surface area contributed by atoms with E-state index in [1.165, 1.54) is 0 Å². The molecule has 2 aromatic carbocycles. The number of aromatic hydroxyl groups is 1. The third-order valence-corrected chi connectivity index (χ3v) is 4.14. The molecule has 0 aliphatic carbocycles. The third-order valence-electron chi connectivity index (χ3n) is 3.08. The molecule has 0 atom stereocenters. The molecule has 0 aliphatic rings. The third kappa shape index (κ3) is 3.13. The van der Waals surface area contributed by atoms with Crippen molar-refractivity contribution in [2.45, 2.75) is 0 Å². The molecule has 1 aromatic heterocycles. The minimum Gasteiger partial charge on any atom is -0.506 e. The van der Waals surface area contributed by atoms with Crippen LogP contribution in [0.1, 0.15) is 5.56 Å². The molecule has 0 spiro atoms. The Morgan fingerprint density at radius 3 is 2.82 bits per heavy atom. The molecule has 0 fully saturated rings. The van der Waals surface area contributed by atoms with Gasteiger partial charge in [0.2, 0.25) is 0 Å². The molecule has 6 heteroatoms. The highest BCUT2D eigenvalue weighted by atomic mass is 79.9. The second-order valence-electron chi connectivity index (χ2n) is 4.58. The Bertz CT molecular complexity index is 860. The van der Waals surface area contributed by atoms with Crippen LogP contribution in [0.15, 0.2) is 62.7 Å². The van der Waals surface area contributed by atoms with E-state index in [9.17, 15) is 5.11 Å². The number of nitrogens with zero attached hydrogens (tertiary/aromatic N) is 2. The van der Waals surface area contributed by atoms with Crippen molar-refractivity contribution in [1.82, 2.24) is 4.98 Å². The zero-order chi connectivity index (χ0) is 15.5. The molecule has 4 nitrogen and oxygen atoms in total. The lowest BCUT2D eigenvalue weighted by atomic mass is 10.2. The maximum Gasteiger partial charge on any atom is 0.138 e. The van der Waals surface area contributed by atoms with Gasteiger partial charge in [-0.1, -0.05) is 34.1 Å². The van der Waals surface area contributed by atoms with Crippen molar-refractivity contribution in [2.24, 2.45) is 5.10 Å². The summed E-state index contributed by atoms with van der Waals surface area (Å²) in [7, 11) is 0. The average molecular weight is 421 g/mol. The van der Waals surface area contributed by atoms with E-state index < -0.39 is 0 Å². The number of anilines is 1. The summed E-state index contributed by atoms with van der Waals surface area (Å²) < 4.78 is 1.46. The van der Waals surface area contributed by atoms with Gasteiger partial charge in [-0.3, -0.25) is 10.4 Å². The summed E-state index contributed by atoms with van der Waals surface area (Å²) in [5, 5.41) is 15.2. The molecule has 0 radical (unpaired) electrons. The normalized spacial score (nSPS) is 11.2. The van der Waals surface area contributed by atoms with Crippen LogP contribution in [0.2, 0.25) is 0 Å². The molecule has 3 aromatic rings. The Labute approximate surface area is 144 Å². The number of nitrogens with one attached hydrogen (secondary N) is 1. The molecule has 0 aliphatic heterocycles. The summed E-state index contributed by atoms with van der Waals surface area (Å²) in [5.74, 6) is 0.143. The van der Waals surface area contributed by atoms with Gasteiger partial charge in [-0.15, -0.1) is 0 Å². The van der Waals surface area contributed by atoms with Crippen molar-refractivity contribution in [2.75, 3.05) is 5.43 Å². The fourth-order valence-electron chi connectivity index (χ4n) is 2.05. The van der Waals surface area contributed by atoms with E-state index in [0.717, 1.165) is 21.1 Å². The van der Waals surface area contributed by atoms with E-state index in [0.29, 0.717) is 10.0 Å². The van der Waals surface area contributed by atoms with Gasteiger partial charge in [0.25, 0.3) is 0 Å². The van der Waals surface area contributed by atoms with Gasteiger partial charge in [-0.25, -0.2) is 0 Å². The number of hydrazone groups is 1. The van der Waals surface area contributed by atoms with Crippen LogP contribution in [0.4, 0.5) is 5.69 Å². The first-order chi connectivity index (χ1) is 10.6. The van der Waals surface area contributed by atoms with Crippen LogP contribution in [-0.4, -0.2) is 16.3 Å². The number of aromatic nitrogens is 1. The average Bonchev–Trinajstić information content (AvgIpc) is 2.52. The molecular formula is C16H11Br2N3O. The fourth-order valence-corrected chi connectivity index (χ4v) is 3.31. The van der Waals surface area contributed by atoms with Crippen molar-refractivity contribution in [3.8, 4) is 5.75 Å². The summed E-state index contributed by atoms with van der Waals surface area (Å²) in [6, 6.07) is 13.3. The minimum atomic E-state index is 0.143. The van der Waals surface area contributed by atoms with Crippen molar-refractivity contribution in [1.29, 1.82) is 0 Å². The number of rotatable bonds is 3. The Balaban J connectivity index is 1.88. The monoisotopic (exact) mass is 419 g/mol. The van der Waals surface area contributed by atoms with Crippen LogP contribution in [0, 0.1) is 0 Å². The molecule has 3 rings (SSSR count). The number of para-hydroxylation sites is 1. The molecule has 0 unspecified atom stereocenters. The predicted molar refractivity (Wildman–Crippen MR) is 96.5 cm³/mol. The summed E-state index contributed by atoms with van der Waals surface area (Å²) in [5.41, 5.74) is 5.22. The maximum absolute atomic E-state index is 9.99. The Morgan fingerprint density at radius 2 is 1.95 bits per heavy atom. The van der Waals surface area contributed by atoms with Crippen LogP contribution >= 0.6 is 31.9 Å². The standard InChI is InChI=1S/C16H11Br2N3O/c17-12-7-11(16(22)13(18)8-12)9-20-21-14-5-1-3-10-4-2-6-19-15(10)14/h1-9,21-22H. The summed E-state index contributed by atoms with van der Waals surface area (Å²) in [6.07, 6.45) is 3.31. The van der Waals surface area contributed by atoms with Gasteiger partial charge in [0.05, 0.1) is 21.9 Å². The van der Waals surface area contributed by atoms with Crippen molar-refractivity contribution in [3.05, 3.63) is 63.2 Å². The molecule has 2 N–H and O–H groups in total. The molecule has 0 saturated carbocycles. The molecule has 110 valence electrons. The predicted octanol–water partition coefficient (Wildman–Crippen LogP) is 4.91. The Hall–Kier alpha value is -1.92. The number of halogens is 2. The highest BCUT2D eigenvalue weighted by Gasteiger charge is 2.05. The number of benzene rings is 2. The molecule has 22 heavy (non-hydrogen) atoms. The van der Waals surface area contributed by atoms with Crippen LogP contribution in [0.25, 0.3) is 10.9 Å². The van der Waals surface area contributed by atoms with E-state index in [2.05, 4.69) is 47.4 Å². The zero-order valence-electron chi connectivity index (χ0n) is 11.3. The second-order valence-corrected chi connectivity index (χ2v) is 6.35. The summed E-state index contributed by atoms with van der Waals surface area (Å²) in [6.45, 7) is 0. The van der Waals surface area contributed by atoms with Crippen LogP contribution in [0.5, 0.6) is 5.75 Å². The number of hydrogen-bond donors (Lipinski definition) is 2. The lowest BCUT2D eigenvalue weighted by Gasteiger charge is -2.05. The SMILES string of the molecule is Oc1c(Br)cc(Br)cc1C=NNc1cccc2cccnc12. The van der Waals surface area contributed by atoms with E-state index >= 15 is 0 Å². The van der Waals surface area contributed by atoms with E-state index in [4.69, 9.17) is 0 Å². The van der Waals surface area contributed by atoms with Crippen molar-refractivity contribution in [3.63, 3.8) is 0 Å². The highest BCUT2D eigenvalue weighted by molar-refractivity contribution is 9.11. The first-order valence-corrected chi connectivity index (χ1v) is 8.04. The van der Waals surface area contributed by atoms with Crippen molar-refractivity contribution >= 4 is 54.7 Å².